The summed E-state index contributed by atoms with van der Waals surface area (Å²) < 4.78 is 11.0. The van der Waals surface area contributed by atoms with Crippen molar-refractivity contribution in [2.24, 2.45) is 5.92 Å². The average Bonchev–Trinajstić information content (AvgIpc) is 2.57. The van der Waals surface area contributed by atoms with Gasteiger partial charge in [0, 0.05) is 13.1 Å². The predicted octanol–water partition coefficient (Wildman–Crippen LogP) is 3.05. The summed E-state index contributed by atoms with van der Waals surface area (Å²) in [6.45, 7) is 10.7. The first-order chi connectivity index (χ1) is 11.9. The molecule has 26 heavy (non-hydrogen) atoms. The van der Waals surface area contributed by atoms with Crippen molar-refractivity contribution in [3.63, 3.8) is 0 Å². The number of nitrogens with zero attached hydrogens (tertiary/aromatic N) is 1. The lowest BCUT2D eigenvalue weighted by Crippen LogP contribution is -2.44. The number of benzene rings is 1. The Kier molecular flexibility index (Phi) is 9.41. The van der Waals surface area contributed by atoms with Gasteiger partial charge in [-0.25, -0.2) is 0 Å². The number of carbonyl (C=O) groups is 1. The molecule has 0 amide bonds. The van der Waals surface area contributed by atoms with E-state index in [0.29, 0.717) is 19.7 Å². The van der Waals surface area contributed by atoms with Gasteiger partial charge in [0.1, 0.15) is 18.5 Å². The second-order valence-electron chi connectivity index (χ2n) is 7.02. The molecule has 1 aromatic carbocycles. The molecule has 1 aromatic rings. The first-order valence-corrected chi connectivity index (χ1v) is 9.18. The molecule has 2 atom stereocenters. The summed E-state index contributed by atoms with van der Waals surface area (Å²) in [6.07, 6.45) is 1.23. The van der Waals surface area contributed by atoms with E-state index in [1.165, 1.54) is 5.56 Å². The van der Waals surface area contributed by atoms with Gasteiger partial charge in [0.05, 0.1) is 12.5 Å². The number of hydrogen-bond acceptors (Lipinski definition) is 5. The smallest absolute Gasteiger partial charge is 0.310 e. The van der Waals surface area contributed by atoms with Crippen LogP contribution in [0.15, 0.2) is 12.1 Å². The molecular formula is C20H32ClNO4. The van der Waals surface area contributed by atoms with Gasteiger partial charge in [-0.15, -0.1) is 12.4 Å². The largest absolute Gasteiger partial charge is 0.491 e. The summed E-state index contributed by atoms with van der Waals surface area (Å²) in [5.41, 5.74) is 3.46. The van der Waals surface area contributed by atoms with Crippen LogP contribution >= 0.6 is 12.4 Å². The van der Waals surface area contributed by atoms with Gasteiger partial charge in [-0.1, -0.05) is 6.07 Å². The molecule has 148 valence electrons. The van der Waals surface area contributed by atoms with E-state index in [4.69, 9.17) is 9.47 Å². The Bertz CT molecular complexity index is 593. The van der Waals surface area contributed by atoms with Crippen LogP contribution in [-0.4, -0.2) is 54.9 Å². The monoisotopic (exact) mass is 385 g/mol. The van der Waals surface area contributed by atoms with Crippen molar-refractivity contribution in [1.29, 1.82) is 0 Å². The lowest BCUT2D eigenvalue weighted by atomic mass is 9.98. The number of rotatable bonds is 7. The zero-order chi connectivity index (χ0) is 18.4. The summed E-state index contributed by atoms with van der Waals surface area (Å²) in [7, 11) is 0. The van der Waals surface area contributed by atoms with Crippen LogP contribution in [-0.2, 0) is 9.53 Å². The third kappa shape index (κ3) is 6.45. The number of aliphatic hydroxyl groups is 1. The van der Waals surface area contributed by atoms with E-state index in [0.717, 1.165) is 36.3 Å². The van der Waals surface area contributed by atoms with Crippen LogP contribution in [0.25, 0.3) is 0 Å². The van der Waals surface area contributed by atoms with Crippen molar-refractivity contribution in [2.45, 2.75) is 46.6 Å². The van der Waals surface area contributed by atoms with Gasteiger partial charge in [0.15, 0.2) is 0 Å². The lowest BCUT2D eigenvalue weighted by molar-refractivity contribution is -0.150. The molecule has 0 radical (unpaired) electrons. The maximum absolute atomic E-state index is 11.9. The Morgan fingerprint density at radius 3 is 2.77 bits per heavy atom. The molecule has 1 aliphatic heterocycles. The summed E-state index contributed by atoms with van der Waals surface area (Å²) in [6, 6.07) is 4.13. The molecule has 6 heteroatoms. The van der Waals surface area contributed by atoms with Crippen LogP contribution < -0.4 is 4.74 Å². The predicted molar refractivity (Wildman–Crippen MR) is 105 cm³/mol. The maximum Gasteiger partial charge on any atom is 0.310 e. The molecule has 1 fully saturated rings. The first-order valence-electron chi connectivity index (χ1n) is 9.18. The summed E-state index contributed by atoms with van der Waals surface area (Å²) in [5.74, 6) is 0.631. The Morgan fingerprint density at radius 1 is 1.35 bits per heavy atom. The highest BCUT2D eigenvalue weighted by molar-refractivity contribution is 5.85. The molecule has 2 rings (SSSR count). The molecule has 2 unspecified atom stereocenters. The van der Waals surface area contributed by atoms with E-state index in [2.05, 4.69) is 17.9 Å². The zero-order valence-electron chi connectivity index (χ0n) is 16.3. The van der Waals surface area contributed by atoms with Gasteiger partial charge < -0.3 is 14.6 Å². The van der Waals surface area contributed by atoms with Crippen LogP contribution in [0.1, 0.15) is 36.5 Å². The standard InChI is InChI=1S/C20H31NO4.ClH/c1-5-24-20(23)17-7-6-8-21(11-17)12-18(22)13-25-19-10-14(2)9-15(3)16(19)4;/h9-10,17-18,22H,5-8,11-13H2,1-4H3;1H. The van der Waals surface area contributed by atoms with Crippen molar-refractivity contribution in [2.75, 3.05) is 32.8 Å². The van der Waals surface area contributed by atoms with Gasteiger partial charge in [0.25, 0.3) is 0 Å². The Morgan fingerprint density at radius 2 is 2.08 bits per heavy atom. The molecule has 1 N–H and O–H groups in total. The average molecular weight is 386 g/mol. The zero-order valence-corrected chi connectivity index (χ0v) is 17.1. The van der Waals surface area contributed by atoms with Crippen molar-refractivity contribution in [3.8, 4) is 5.75 Å². The highest BCUT2D eigenvalue weighted by atomic mass is 35.5. The van der Waals surface area contributed by atoms with Crippen molar-refractivity contribution >= 4 is 18.4 Å². The number of likely N-dealkylation sites (tertiary alicyclic amines) is 1. The quantitative estimate of drug-likeness (QED) is 0.731. The maximum atomic E-state index is 11.9. The van der Waals surface area contributed by atoms with Gasteiger partial charge in [-0.05, 0) is 69.8 Å². The number of piperidine rings is 1. The Balaban J connectivity index is 0.00000338. The van der Waals surface area contributed by atoms with E-state index in [1.807, 2.05) is 26.8 Å². The fraction of sp³-hybridized carbons (Fsp3) is 0.650. The SMILES string of the molecule is CCOC(=O)C1CCCN(CC(O)COc2cc(C)cc(C)c2C)C1.Cl. The molecular weight excluding hydrogens is 354 g/mol. The number of β-amino-alcohol motifs (C(OH)–C–C–N with tert-alkyl or cyclic N) is 1. The van der Waals surface area contributed by atoms with Crippen LogP contribution in [0.3, 0.4) is 0 Å². The van der Waals surface area contributed by atoms with Crippen molar-refractivity contribution in [3.05, 3.63) is 28.8 Å². The number of aryl methyl sites for hydroxylation is 2. The topological polar surface area (TPSA) is 59.0 Å². The van der Waals surface area contributed by atoms with Crippen molar-refractivity contribution in [1.82, 2.24) is 4.90 Å². The molecule has 0 spiro atoms. The number of ether oxygens (including phenoxy) is 2. The van der Waals surface area contributed by atoms with E-state index < -0.39 is 6.10 Å². The second kappa shape index (κ2) is 10.8. The third-order valence-electron chi connectivity index (χ3n) is 4.79. The summed E-state index contributed by atoms with van der Waals surface area (Å²) in [4.78, 5) is 14.0. The molecule has 0 bridgehead atoms. The Labute approximate surface area is 163 Å². The normalized spacial score (nSPS) is 18.7. The molecule has 0 aliphatic carbocycles. The molecule has 5 nitrogen and oxygen atoms in total. The number of carbonyl (C=O) groups excluding carboxylic acids is 1. The highest BCUT2D eigenvalue weighted by Crippen LogP contribution is 2.23. The number of esters is 1. The molecule has 0 aromatic heterocycles. The molecule has 1 aliphatic rings. The number of hydrogen-bond donors (Lipinski definition) is 1. The van der Waals surface area contributed by atoms with Gasteiger partial charge >= 0.3 is 5.97 Å². The number of aliphatic hydroxyl groups excluding tert-OH is 1. The van der Waals surface area contributed by atoms with Gasteiger partial charge in [0.2, 0.25) is 0 Å². The lowest BCUT2D eigenvalue weighted by Gasteiger charge is -2.32. The van der Waals surface area contributed by atoms with E-state index in [-0.39, 0.29) is 30.9 Å². The van der Waals surface area contributed by atoms with E-state index in [1.54, 1.807) is 0 Å². The summed E-state index contributed by atoms with van der Waals surface area (Å²) >= 11 is 0. The minimum Gasteiger partial charge on any atom is -0.491 e. The molecule has 0 saturated carbocycles. The van der Waals surface area contributed by atoms with Crippen LogP contribution in [0.2, 0.25) is 0 Å². The molecule has 1 heterocycles. The second-order valence-corrected chi connectivity index (χ2v) is 7.02. The third-order valence-corrected chi connectivity index (χ3v) is 4.79. The molecule has 1 saturated heterocycles. The van der Waals surface area contributed by atoms with Gasteiger partial charge in [-0.2, -0.15) is 0 Å². The van der Waals surface area contributed by atoms with Crippen LogP contribution in [0, 0.1) is 26.7 Å². The number of halogens is 1. The van der Waals surface area contributed by atoms with E-state index in [9.17, 15) is 9.90 Å². The Hall–Kier alpha value is -1.30. The van der Waals surface area contributed by atoms with Crippen molar-refractivity contribution < 1.29 is 19.4 Å². The summed E-state index contributed by atoms with van der Waals surface area (Å²) in [5, 5.41) is 10.3. The minimum atomic E-state index is -0.582. The fourth-order valence-electron chi connectivity index (χ4n) is 3.36. The van der Waals surface area contributed by atoms with Gasteiger partial charge in [-0.3, -0.25) is 9.69 Å². The highest BCUT2D eigenvalue weighted by Gasteiger charge is 2.27. The van der Waals surface area contributed by atoms with Crippen LogP contribution in [0.4, 0.5) is 0 Å². The minimum absolute atomic E-state index is 0. The van der Waals surface area contributed by atoms with Crippen LogP contribution in [0.5, 0.6) is 5.75 Å². The fourth-order valence-corrected chi connectivity index (χ4v) is 3.36. The van der Waals surface area contributed by atoms with E-state index >= 15 is 0 Å². The first kappa shape index (κ1) is 22.7.